The third-order valence-electron chi connectivity index (χ3n) is 8.20. The van der Waals surface area contributed by atoms with Gasteiger partial charge in [0, 0.05) is 29.2 Å². The number of aliphatic hydroxyl groups is 5. The number of hydrogen-bond acceptors (Lipinski definition) is 9. The first-order valence-corrected chi connectivity index (χ1v) is 16.7. The molecule has 44 heavy (non-hydrogen) atoms. The zero-order valence-electron chi connectivity index (χ0n) is 27.1. The van der Waals surface area contributed by atoms with Crippen LogP contribution < -0.4 is 0 Å². The van der Waals surface area contributed by atoms with Crippen molar-refractivity contribution in [3.8, 4) is 0 Å². The van der Waals surface area contributed by atoms with E-state index in [0.29, 0.717) is 28.3 Å². The lowest BCUT2D eigenvalue weighted by atomic mass is 9.87. The van der Waals surface area contributed by atoms with Crippen LogP contribution in [0.5, 0.6) is 0 Å². The van der Waals surface area contributed by atoms with Gasteiger partial charge in [0.25, 0.3) is 0 Å². The normalized spacial score (nSPS) is 26.8. The number of esters is 1. The number of hydrogen-bond donors (Lipinski definition) is 5. The Kier molecular flexibility index (Phi) is 16.5. The molecule has 1 aliphatic rings. The molecular formula is C35H53NO7S. The van der Waals surface area contributed by atoms with Crippen molar-refractivity contribution in [2.75, 3.05) is 0 Å². The van der Waals surface area contributed by atoms with Gasteiger partial charge in [0.1, 0.15) is 0 Å². The number of cyclic esters (lactones) is 1. The van der Waals surface area contributed by atoms with Crippen molar-refractivity contribution in [1.29, 1.82) is 0 Å². The molecule has 1 aromatic rings. The summed E-state index contributed by atoms with van der Waals surface area (Å²) in [5.74, 6) is -1.73. The monoisotopic (exact) mass is 631 g/mol. The number of aromatic nitrogens is 1. The quantitative estimate of drug-likeness (QED) is 0.125. The average Bonchev–Trinajstić information content (AvgIpc) is 3.47. The smallest absolute Gasteiger partial charge is 0.334 e. The van der Waals surface area contributed by atoms with E-state index in [1.54, 1.807) is 44.2 Å². The van der Waals surface area contributed by atoms with E-state index >= 15 is 0 Å². The summed E-state index contributed by atoms with van der Waals surface area (Å²) in [4.78, 5) is 18.3. The van der Waals surface area contributed by atoms with Crippen molar-refractivity contribution >= 4 is 23.4 Å². The molecule has 0 aromatic carbocycles. The number of ether oxygens (including phenoxy) is 1. The summed E-state index contributed by atoms with van der Waals surface area (Å²) in [5.41, 5.74) is 2.53. The van der Waals surface area contributed by atoms with E-state index in [2.05, 4.69) is 11.9 Å². The first kappa shape index (κ1) is 37.8. The van der Waals surface area contributed by atoms with Crippen molar-refractivity contribution in [3.05, 3.63) is 69.3 Å². The lowest BCUT2D eigenvalue weighted by molar-refractivity contribution is -0.165. The molecule has 0 saturated heterocycles. The van der Waals surface area contributed by atoms with Crippen LogP contribution in [0.3, 0.4) is 0 Å². The molecule has 8 atom stereocenters. The number of fused-ring (bicyclic) bond motifs is 2. The van der Waals surface area contributed by atoms with Crippen molar-refractivity contribution in [3.63, 3.8) is 0 Å². The van der Waals surface area contributed by atoms with Crippen LogP contribution >= 0.6 is 11.3 Å². The molecule has 1 aliphatic heterocycles. The summed E-state index contributed by atoms with van der Waals surface area (Å²) < 4.78 is 5.89. The van der Waals surface area contributed by atoms with Crippen LogP contribution in [0, 0.1) is 5.92 Å². The van der Waals surface area contributed by atoms with E-state index in [4.69, 9.17) is 4.74 Å². The van der Waals surface area contributed by atoms with Crippen LogP contribution in [0.15, 0.2) is 58.6 Å². The maximum absolute atomic E-state index is 13.7. The Labute approximate surface area is 267 Å². The Morgan fingerprint density at radius 3 is 2.55 bits per heavy atom. The Morgan fingerprint density at radius 2 is 1.86 bits per heavy atom. The summed E-state index contributed by atoms with van der Waals surface area (Å²) in [6.07, 6.45) is 9.58. The standard InChI is InChI=1S/C35H53NO7S/c1-7-9-10-12-15-26-19-27-21-44-34(36-27)24(5)30(39)20-28(37)16-13-11-14-17-29(38)33(43-35(26)42)32(41)25(6)31(40)23(4)18-22(3)8-2/h8,11,13-14,16,18-19,21,24-25,28-33,37-41H,7,9-10,12,15,17,20H2,1-6H3/t24-,25-,28-,29+,30+,31+,32-,33-/m1/s1. The summed E-state index contributed by atoms with van der Waals surface area (Å²) in [7, 11) is 0. The lowest BCUT2D eigenvalue weighted by Gasteiger charge is -2.33. The minimum atomic E-state index is -1.37. The molecule has 1 aromatic heterocycles. The minimum absolute atomic E-state index is 0.0510. The number of thiazole rings is 1. The zero-order chi connectivity index (χ0) is 32.8. The molecule has 8 nitrogen and oxygen atoms in total. The van der Waals surface area contributed by atoms with Crippen molar-refractivity contribution in [2.45, 2.75) is 129 Å². The predicted octanol–water partition coefficient (Wildman–Crippen LogP) is 5.77. The van der Waals surface area contributed by atoms with Gasteiger partial charge in [-0.1, -0.05) is 82.1 Å². The van der Waals surface area contributed by atoms with Crippen LogP contribution in [0.2, 0.25) is 0 Å². The van der Waals surface area contributed by atoms with Gasteiger partial charge in [-0.05, 0) is 51.7 Å². The van der Waals surface area contributed by atoms with Crippen LogP contribution in [-0.4, -0.2) is 73.1 Å². The molecular weight excluding hydrogens is 578 g/mol. The minimum Gasteiger partial charge on any atom is -0.453 e. The first-order valence-electron chi connectivity index (χ1n) is 15.8. The van der Waals surface area contributed by atoms with E-state index < -0.39 is 48.5 Å². The second kappa shape index (κ2) is 19.2. The third kappa shape index (κ3) is 11.8. The lowest BCUT2D eigenvalue weighted by Crippen LogP contribution is -2.47. The van der Waals surface area contributed by atoms with E-state index in [-0.39, 0.29) is 18.8 Å². The maximum atomic E-state index is 13.7. The Bertz CT molecular complexity index is 1180. The number of nitrogens with zero attached hydrogens (tertiary/aromatic N) is 1. The summed E-state index contributed by atoms with van der Waals surface area (Å²) in [6, 6.07) is 0. The molecule has 0 unspecified atom stereocenters. The van der Waals surface area contributed by atoms with Gasteiger partial charge in [-0.3, -0.25) is 0 Å². The first-order chi connectivity index (χ1) is 20.9. The number of rotatable bonds is 10. The van der Waals surface area contributed by atoms with Gasteiger partial charge in [0.2, 0.25) is 0 Å². The largest absolute Gasteiger partial charge is 0.453 e. The summed E-state index contributed by atoms with van der Waals surface area (Å²) in [6.45, 7) is 11.2. The van der Waals surface area contributed by atoms with Gasteiger partial charge in [-0.2, -0.15) is 0 Å². The molecule has 2 bridgehead atoms. The number of allylic oxidation sites excluding steroid dienone is 5. The summed E-state index contributed by atoms with van der Waals surface area (Å²) in [5, 5.41) is 57.3. The van der Waals surface area contributed by atoms with Crippen LogP contribution in [0.4, 0.5) is 0 Å². The average molecular weight is 632 g/mol. The van der Waals surface area contributed by atoms with Crippen molar-refractivity contribution in [1.82, 2.24) is 4.98 Å². The van der Waals surface area contributed by atoms with Crippen molar-refractivity contribution < 1.29 is 35.1 Å². The molecule has 0 spiro atoms. The highest BCUT2D eigenvalue weighted by atomic mass is 32.1. The van der Waals surface area contributed by atoms with Crippen LogP contribution in [-0.2, 0) is 9.53 Å². The number of carbonyl (C=O) groups excluding carboxylic acids is 1. The molecule has 0 fully saturated rings. The third-order valence-corrected chi connectivity index (χ3v) is 9.27. The predicted molar refractivity (Wildman–Crippen MR) is 177 cm³/mol. The molecule has 0 amide bonds. The number of carbonyl (C=O) groups is 1. The van der Waals surface area contributed by atoms with Crippen LogP contribution in [0.1, 0.15) is 103 Å². The molecule has 9 heteroatoms. The van der Waals surface area contributed by atoms with Gasteiger partial charge in [0.15, 0.2) is 6.10 Å². The molecule has 2 heterocycles. The van der Waals surface area contributed by atoms with Gasteiger partial charge < -0.3 is 30.3 Å². The Balaban J connectivity index is 2.50. The van der Waals surface area contributed by atoms with E-state index in [1.807, 2.05) is 38.3 Å². The molecule has 246 valence electrons. The SMILES string of the molecule is CC=C(C)C=C(C)[C@H](O)[C@@H](C)[C@@H](O)[C@@H]1OC(=O)C(CCCCCC)=Cc2csc(n2)[C@H](C)[C@@H](O)C[C@H](O)C=CC=CC[C@@H]1O. The van der Waals surface area contributed by atoms with Gasteiger partial charge >= 0.3 is 5.97 Å². The van der Waals surface area contributed by atoms with E-state index in [1.165, 1.54) is 11.3 Å². The number of unbranched alkanes of at least 4 members (excludes halogenated alkanes) is 3. The number of aliphatic hydroxyl groups excluding tert-OH is 5. The highest BCUT2D eigenvalue weighted by Gasteiger charge is 2.37. The fourth-order valence-electron chi connectivity index (χ4n) is 5.05. The molecule has 0 saturated carbocycles. The van der Waals surface area contributed by atoms with Gasteiger partial charge in [-0.25, -0.2) is 9.78 Å². The molecule has 5 N–H and O–H groups in total. The highest BCUT2D eigenvalue weighted by Crippen LogP contribution is 2.29. The fraction of sp³-hybridized carbons (Fsp3) is 0.600. The second-order valence-electron chi connectivity index (χ2n) is 12.0. The Hall–Kier alpha value is -2.40. The molecule has 0 aliphatic carbocycles. The van der Waals surface area contributed by atoms with Gasteiger partial charge in [0.05, 0.1) is 41.2 Å². The second-order valence-corrected chi connectivity index (χ2v) is 12.8. The summed E-state index contributed by atoms with van der Waals surface area (Å²) >= 11 is 1.37. The van der Waals surface area contributed by atoms with Gasteiger partial charge in [-0.15, -0.1) is 11.3 Å². The zero-order valence-corrected chi connectivity index (χ0v) is 27.9. The van der Waals surface area contributed by atoms with E-state index in [0.717, 1.165) is 31.3 Å². The van der Waals surface area contributed by atoms with Crippen molar-refractivity contribution in [2.24, 2.45) is 5.92 Å². The van der Waals surface area contributed by atoms with E-state index in [9.17, 15) is 30.3 Å². The fourth-order valence-corrected chi connectivity index (χ4v) is 5.94. The van der Waals surface area contributed by atoms with Crippen LogP contribution in [0.25, 0.3) is 6.08 Å². The maximum Gasteiger partial charge on any atom is 0.334 e. The highest BCUT2D eigenvalue weighted by molar-refractivity contribution is 7.09. The Morgan fingerprint density at radius 1 is 1.14 bits per heavy atom. The molecule has 2 rings (SSSR count). The topological polar surface area (TPSA) is 140 Å². The molecule has 0 radical (unpaired) electrons.